The third kappa shape index (κ3) is 2.02. The highest BCUT2D eigenvalue weighted by molar-refractivity contribution is 5.02. The van der Waals surface area contributed by atoms with Gasteiger partial charge in [0, 0.05) is 18.1 Å². The van der Waals surface area contributed by atoms with E-state index in [1.54, 1.807) is 0 Å². The first-order valence-corrected chi connectivity index (χ1v) is 7.32. The van der Waals surface area contributed by atoms with Crippen LogP contribution in [0.15, 0.2) is 0 Å². The van der Waals surface area contributed by atoms with Crippen LogP contribution in [0, 0.1) is 5.92 Å². The van der Waals surface area contributed by atoms with Crippen LogP contribution < -0.4 is 5.32 Å². The molecule has 2 heteroatoms. The maximum atomic E-state index is 3.86. The average molecular weight is 222 g/mol. The minimum Gasteiger partial charge on any atom is -0.310 e. The summed E-state index contributed by atoms with van der Waals surface area (Å²) in [7, 11) is 0. The van der Waals surface area contributed by atoms with Gasteiger partial charge < -0.3 is 5.32 Å². The van der Waals surface area contributed by atoms with Crippen molar-refractivity contribution in [2.24, 2.45) is 5.92 Å². The van der Waals surface area contributed by atoms with Crippen LogP contribution in [-0.4, -0.2) is 36.1 Å². The number of hydrogen-bond acceptors (Lipinski definition) is 2. The van der Waals surface area contributed by atoms with Gasteiger partial charge in [-0.3, -0.25) is 4.90 Å². The molecule has 3 aliphatic rings. The molecular formula is C14H26N2. The zero-order chi connectivity index (χ0) is 11.0. The molecule has 2 unspecified atom stereocenters. The van der Waals surface area contributed by atoms with Crippen LogP contribution in [0.3, 0.4) is 0 Å². The molecule has 3 rings (SSSR count). The standard InChI is InChI=1S/C14H26N2/c1-2-12-10-13(12)16-9-5-8-15-14(11-16)6-3-4-7-14/h12-13,15H,2-11H2,1H3. The van der Waals surface area contributed by atoms with Gasteiger partial charge in [-0.05, 0) is 44.7 Å². The average Bonchev–Trinajstić information content (AvgIpc) is 2.98. The number of hydrogen-bond donors (Lipinski definition) is 1. The van der Waals surface area contributed by atoms with Crippen LogP contribution in [0.25, 0.3) is 0 Å². The maximum absolute atomic E-state index is 3.86. The van der Waals surface area contributed by atoms with Crippen LogP contribution in [0.4, 0.5) is 0 Å². The van der Waals surface area contributed by atoms with Gasteiger partial charge in [0.25, 0.3) is 0 Å². The van der Waals surface area contributed by atoms with Gasteiger partial charge >= 0.3 is 0 Å². The Hall–Kier alpha value is -0.0800. The van der Waals surface area contributed by atoms with Crippen molar-refractivity contribution in [3.63, 3.8) is 0 Å². The van der Waals surface area contributed by atoms with Crippen molar-refractivity contribution < 1.29 is 0 Å². The molecule has 2 saturated carbocycles. The summed E-state index contributed by atoms with van der Waals surface area (Å²) in [5.74, 6) is 1.02. The van der Waals surface area contributed by atoms with Crippen LogP contribution in [0.5, 0.6) is 0 Å². The number of nitrogens with one attached hydrogen (secondary N) is 1. The molecule has 0 aromatic carbocycles. The van der Waals surface area contributed by atoms with Crippen molar-refractivity contribution in [1.82, 2.24) is 10.2 Å². The van der Waals surface area contributed by atoms with E-state index in [1.165, 1.54) is 64.6 Å². The molecule has 0 aromatic heterocycles. The monoisotopic (exact) mass is 222 g/mol. The molecule has 1 saturated heterocycles. The van der Waals surface area contributed by atoms with Gasteiger partial charge in [-0.1, -0.05) is 26.2 Å². The maximum Gasteiger partial charge on any atom is 0.0308 e. The predicted molar refractivity (Wildman–Crippen MR) is 67.6 cm³/mol. The molecule has 0 radical (unpaired) electrons. The minimum absolute atomic E-state index is 0.511. The SMILES string of the molecule is CCC1CC1N1CCCNC2(CCCC2)C1. The van der Waals surface area contributed by atoms with E-state index < -0.39 is 0 Å². The summed E-state index contributed by atoms with van der Waals surface area (Å²) in [6, 6.07) is 0.947. The van der Waals surface area contributed by atoms with Crippen molar-refractivity contribution in [3.8, 4) is 0 Å². The first kappa shape index (κ1) is 11.0. The lowest BCUT2D eigenvalue weighted by atomic mass is 9.97. The zero-order valence-electron chi connectivity index (χ0n) is 10.7. The highest BCUT2D eigenvalue weighted by Crippen LogP contribution is 2.41. The van der Waals surface area contributed by atoms with E-state index in [-0.39, 0.29) is 0 Å². The topological polar surface area (TPSA) is 15.3 Å². The third-order valence-electron chi connectivity index (χ3n) is 5.07. The van der Waals surface area contributed by atoms with E-state index >= 15 is 0 Å². The highest BCUT2D eigenvalue weighted by atomic mass is 15.2. The molecule has 16 heavy (non-hydrogen) atoms. The van der Waals surface area contributed by atoms with Crippen LogP contribution >= 0.6 is 0 Å². The smallest absolute Gasteiger partial charge is 0.0308 e. The molecule has 2 nitrogen and oxygen atoms in total. The van der Waals surface area contributed by atoms with E-state index in [2.05, 4.69) is 17.1 Å². The quantitative estimate of drug-likeness (QED) is 0.772. The lowest BCUT2D eigenvalue weighted by Crippen LogP contribution is -2.50. The fraction of sp³-hybridized carbons (Fsp3) is 1.00. The predicted octanol–water partition coefficient (Wildman–Crippen LogP) is 2.39. The molecule has 1 spiro atoms. The van der Waals surface area contributed by atoms with Gasteiger partial charge in [-0.25, -0.2) is 0 Å². The van der Waals surface area contributed by atoms with Crippen molar-refractivity contribution in [2.45, 2.75) is 63.5 Å². The van der Waals surface area contributed by atoms with Crippen LogP contribution in [0.1, 0.15) is 51.9 Å². The molecule has 0 bridgehead atoms. The Bertz CT molecular complexity index is 245. The third-order valence-corrected chi connectivity index (χ3v) is 5.07. The summed E-state index contributed by atoms with van der Waals surface area (Å²) in [5, 5.41) is 3.86. The van der Waals surface area contributed by atoms with Gasteiger partial charge in [0.05, 0.1) is 0 Å². The van der Waals surface area contributed by atoms with Gasteiger partial charge in [0.1, 0.15) is 0 Å². The fourth-order valence-electron chi connectivity index (χ4n) is 3.95. The molecule has 0 aromatic rings. The van der Waals surface area contributed by atoms with Crippen molar-refractivity contribution in [2.75, 3.05) is 19.6 Å². The van der Waals surface area contributed by atoms with Crippen molar-refractivity contribution in [3.05, 3.63) is 0 Å². The Kier molecular flexibility index (Phi) is 2.97. The number of nitrogens with zero attached hydrogens (tertiary/aromatic N) is 1. The molecule has 0 amide bonds. The number of rotatable bonds is 2. The van der Waals surface area contributed by atoms with Gasteiger partial charge in [0.2, 0.25) is 0 Å². The molecule has 2 atom stereocenters. The minimum atomic E-state index is 0.511. The Morgan fingerprint density at radius 3 is 2.75 bits per heavy atom. The Labute approximate surface area is 99.8 Å². The normalized spacial score (nSPS) is 38.8. The Balaban J connectivity index is 1.65. The summed E-state index contributed by atoms with van der Waals surface area (Å²) >= 11 is 0. The van der Waals surface area contributed by atoms with E-state index in [4.69, 9.17) is 0 Å². The second-order valence-electron chi connectivity index (χ2n) is 6.21. The molecule has 92 valence electrons. The summed E-state index contributed by atoms with van der Waals surface area (Å²) in [4.78, 5) is 2.82. The van der Waals surface area contributed by atoms with E-state index in [0.29, 0.717) is 5.54 Å². The molecule has 1 aliphatic heterocycles. The lowest BCUT2D eigenvalue weighted by Gasteiger charge is -2.33. The molecule has 3 fully saturated rings. The summed E-state index contributed by atoms with van der Waals surface area (Å²) in [6.07, 6.45) is 9.97. The van der Waals surface area contributed by atoms with E-state index in [0.717, 1.165) is 12.0 Å². The Morgan fingerprint density at radius 2 is 2.06 bits per heavy atom. The largest absolute Gasteiger partial charge is 0.310 e. The highest BCUT2D eigenvalue weighted by Gasteiger charge is 2.44. The summed E-state index contributed by atoms with van der Waals surface area (Å²) < 4.78 is 0. The lowest BCUT2D eigenvalue weighted by molar-refractivity contribution is 0.194. The summed E-state index contributed by atoms with van der Waals surface area (Å²) in [5.41, 5.74) is 0.511. The zero-order valence-corrected chi connectivity index (χ0v) is 10.7. The second-order valence-corrected chi connectivity index (χ2v) is 6.21. The first-order valence-electron chi connectivity index (χ1n) is 7.32. The van der Waals surface area contributed by atoms with Crippen molar-refractivity contribution in [1.29, 1.82) is 0 Å². The summed E-state index contributed by atoms with van der Waals surface area (Å²) in [6.45, 7) is 6.29. The van der Waals surface area contributed by atoms with Gasteiger partial charge in [-0.2, -0.15) is 0 Å². The van der Waals surface area contributed by atoms with Crippen LogP contribution in [-0.2, 0) is 0 Å². The van der Waals surface area contributed by atoms with Gasteiger partial charge in [0.15, 0.2) is 0 Å². The molecule has 2 aliphatic carbocycles. The Morgan fingerprint density at radius 1 is 1.25 bits per heavy atom. The van der Waals surface area contributed by atoms with Gasteiger partial charge in [-0.15, -0.1) is 0 Å². The van der Waals surface area contributed by atoms with Crippen LogP contribution in [0.2, 0.25) is 0 Å². The second kappa shape index (κ2) is 4.30. The molecular weight excluding hydrogens is 196 g/mol. The fourth-order valence-corrected chi connectivity index (χ4v) is 3.95. The van der Waals surface area contributed by atoms with E-state index in [1.807, 2.05) is 0 Å². The first-order chi connectivity index (χ1) is 7.83. The molecule has 1 N–H and O–H groups in total. The van der Waals surface area contributed by atoms with Crippen molar-refractivity contribution >= 4 is 0 Å². The van der Waals surface area contributed by atoms with E-state index in [9.17, 15) is 0 Å². The molecule has 1 heterocycles.